The fourth-order valence-electron chi connectivity index (χ4n) is 4.41. The second kappa shape index (κ2) is 13.5. The molecular formula is C28H38N2O. The van der Waals surface area contributed by atoms with Gasteiger partial charge in [0.1, 0.15) is 0 Å². The SMILES string of the molecule is C=C/C=c1/c(C(=O)C(NC(/C=C\C)=C/C=C)C2CCCCCCCC2)c[nH]/c1=C/C=C. The van der Waals surface area contributed by atoms with Crippen molar-refractivity contribution in [3.05, 3.63) is 84.2 Å². The molecule has 1 saturated carbocycles. The molecule has 1 unspecified atom stereocenters. The number of allylic oxidation sites excluding steroid dienone is 6. The van der Waals surface area contributed by atoms with E-state index in [-0.39, 0.29) is 11.8 Å². The molecule has 3 heteroatoms. The van der Waals surface area contributed by atoms with Gasteiger partial charge in [0.2, 0.25) is 0 Å². The largest absolute Gasteiger partial charge is 0.375 e. The van der Waals surface area contributed by atoms with E-state index in [9.17, 15) is 4.79 Å². The smallest absolute Gasteiger partial charge is 0.187 e. The molecule has 1 aliphatic rings. The average Bonchev–Trinajstić information content (AvgIpc) is 3.20. The van der Waals surface area contributed by atoms with Crippen LogP contribution in [0, 0.1) is 5.92 Å². The molecule has 1 aromatic heterocycles. The summed E-state index contributed by atoms with van der Waals surface area (Å²) < 4.78 is 0. The van der Waals surface area contributed by atoms with E-state index in [1.54, 1.807) is 18.2 Å². The molecule has 2 N–H and O–H groups in total. The number of H-pyrrole nitrogens is 1. The van der Waals surface area contributed by atoms with Crippen LogP contribution in [-0.2, 0) is 0 Å². The maximum atomic E-state index is 13.9. The minimum Gasteiger partial charge on any atom is -0.375 e. The monoisotopic (exact) mass is 418 g/mol. The van der Waals surface area contributed by atoms with Gasteiger partial charge in [0, 0.05) is 28.0 Å². The van der Waals surface area contributed by atoms with Crippen molar-refractivity contribution >= 4 is 17.9 Å². The van der Waals surface area contributed by atoms with Crippen molar-refractivity contribution in [3.63, 3.8) is 0 Å². The number of Topliss-reactive ketones (excluding diaryl/α,β-unsaturated/α-hetero) is 1. The fourth-order valence-corrected chi connectivity index (χ4v) is 4.41. The fraction of sp³-hybridized carbons (Fsp3) is 0.393. The van der Waals surface area contributed by atoms with Crippen molar-refractivity contribution in [1.29, 1.82) is 0 Å². The normalized spacial score (nSPS) is 18.8. The zero-order valence-electron chi connectivity index (χ0n) is 19.0. The van der Waals surface area contributed by atoms with Crippen LogP contribution in [0.5, 0.6) is 0 Å². The van der Waals surface area contributed by atoms with Gasteiger partial charge in [-0.3, -0.25) is 4.79 Å². The van der Waals surface area contributed by atoms with E-state index >= 15 is 0 Å². The third kappa shape index (κ3) is 7.13. The lowest BCUT2D eigenvalue weighted by Crippen LogP contribution is -2.44. The molecule has 0 aromatic carbocycles. The number of ketones is 1. The molecule has 0 amide bonds. The van der Waals surface area contributed by atoms with E-state index in [0.717, 1.165) is 29.1 Å². The molecule has 0 radical (unpaired) electrons. The first kappa shape index (κ1) is 24.5. The van der Waals surface area contributed by atoms with Crippen LogP contribution in [0.15, 0.2) is 68.1 Å². The Hall–Kier alpha value is -2.81. The molecule has 1 fully saturated rings. The second-order valence-corrected chi connectivity index (χ2v) is 8.14. The van der Waals surface area contributed by atoms with Crippen LogP contribution in [0.4, 0.5) is 0 Å². The molecule has 1 aliphatic carbocycles. The van der Waals surface area contributed by atoms with Gasteiger partial charge in [-0.1, -0.05) is 88.6 Å². The molecule has 1 atom stereocenters. The van der Waals surface area contributed by atoms with Crippen LogP contribution in [0.2, 0.25) is 0 Å². The highest BCUT2D eigenvalue weighted by Gasteiger charge is 2.30. The summed E-state index contributed by atoms with van der Waals surface area (Å²) in [4.78, 5) is 17.2. The molecule has 0 spiro atoms. The number of aromatic nitrogens is 1. The van der Waals surface area contributed by atoms with Crippen molar-refractivity contribution in [3.8, 4) is 0 Å². The highest BCUT2D eigenvalue weighted by atomic mass is 16.1. The third-order valence-electron chi connectivity index (χ3n) is 5.91. The predicted molar refractivity (Wildman–Crippen MR) is 134 cm³/mol. The van der Waals surface area contributed by atoms with Gasteiger partial charge in [-0.05, 0) is 43.9 Å². The number of rotatable bonds is 9. The Morgan fingerprint density at radius 3 is 2.26 bits per heavy atom. The van der Waals surface area contributed by atoms with Gasteiger partial charge in [0.25, 0.3) is 0 Å². The lowest BCUT2D eigenvalue weighted by atomic mass is 9.85. The molecule has 0 aliphatic heterocycles. The zero-order valence-corrected chi connectivity index (χ0v) is 19.0. The Morgan fingerprint density at radius 2 is 1.68 bits per heavy atom. The maximum absolute atomic E-state index is 13.9. The molecule has 0 bridgehead atoms. The number of carbonyl (C=O) groups is 1. The molecule has 1 aromatic rings. The average molecular weight is 419 g/mol. The van der Waals surface area contributed by atoms with E-state index in [4.69, 9.17) is 0 Å². The third-order valence-corrected chi connectivity index (χ3v) is 5.91. The molecule has 2 rings (SSSR count). The number of nitrogens with one attached hydrogen (secondary N) is 2. The van der Waals surface area contributed by atoms with Gasteiger partial charge in [-0.2, -0.15) is 0 Å². The summed E-state index contributed by atoms with van der Waals surface area (Å²) in [7, 11) is 0. The number of aromatic amines is 1. The Morgan fingerprint density at radius 1 is 1.03 bits per heavy atom. The lowest BCUT2D eigenvalue weighted by Gasteiger charge is -2.28. The first-order chi connectivity index (χ1) is 15.2. The van der Waals surface area contributed by atoms with Crippen LogP contribution in [0.25, 0.3) is 12.2 Å². The first-order valence-corrected chi connectivity index (χ1v) is 11.5. The van der Waals surface area contributed by atoms with Crippen LogP contribution in [0.1, 0.15) is 68.6 Å². The van der Waals surface area contributed by atoms with Gasteiger partial charge in [0.05, 0.1) is 6.04 Å². The van der Waals surface area contributed by atoms with Crippen molar-refractivity contribution in [2.24, 2.45) is 5.92 Å². The minimum atomic E-state index is -0.287. The molecular weight excluding hydrogens is 380 g/mol. The van der Waals surface area contributed by atoms with Crippen molar-refractivity contribution < 1.29 is 4.79 Å². The Labute approximate surface area is 187 Å². The summed E-state index contributed by atoms with van der Waals surface area (Å²) in [6.45, 7) is 13.4. The van der Waals surface area contributed by atoms with Gasteiger partial charge in [-0.15, -0.1) is 0 Å². The minimum absolute atomic E-state index is 0.122. The quantitative estimate of drug-likeness (QED) is 0.412. The number of hydrogen-bond acceptors (Lipinski definition) is 2. The van der Waals surface area contributed by atoms with E-state index in [1.165, 1.54) is 38.5 Å². The molecule has 166 valence electrons. The molecule has 31 heavy (non-hydrogen) atoms. The summed E-state index contributed by atoms with van der Waals surface area (Å²) >= 11 is 0. The standard InChI is InChI=1S/C28H38N2O/c1-5-15-23(16-6-2)30-27(22-19-13-11-9-10-12-14-20-22)28(31)25-21-29-26(18-8-4)24(25)17-7-3/h5-8,15-18,21-22,27,29-30H,1,3-4,9-14,19-20H2,2H3/b16-6-,23-15+,24-17-,26-18+. The molecule has 0 saturated heterocycles. The van der Waals surface area contributed by atoms with Crippen molar-refractivity contribution in [2.75, 3.05) is 0 Å². The summed E-state index contributed by atoms with van der Waals surface area (Å²) in [6.07, 6.45) is 26.3. The van der Waals surface area contributed by atoms with E-state index in [1.807, 2.05) is 43.5 Å². The number of carbonyl (C=O) groups excluding carboxylic acids is 1. The van der Waals surface area contributed by atoms with Crippen LogP contribution in [-0.4, -0.2) is 16.8 Å². The van der Waals surface area contributed by atoms with Crippen LogP contribution >= 0.6 is 0 Å². The first-order valence-electron chi connectivity index (χ1n) is 11.5. The van der Waals surface area contributed by atoms with Crippen LogP contribution < -0.4 is 15.9 Å². The van der Waals surface area contributed by atoms with E-state index < -0.39 is 0 Å². The summed E-state index contributed by atoms with van der Waals surface area (Å²) in [6, 6.07) is -0.287. The van der Waals surface area contributed by atoms with Crippen molar-refractivity contribution in [2.45, 2.75) is 64.3 Å². The van der Waals surface area contributed by atoms with Gasteiger partial charge >= 0.3 is 0 Å². The Bertz CT molecular complexity index is 919. The summed E-state index contributed by atoms with van der Waals surface area (Å²) in [5.74, 6) is 0.416. The maximum Gasteiger partial charge on any atom is 0.187 e. The van der Waals surface area contributed by atoms with E-state index in [2.05, 4.69) is 30.0 Å². The second-order valence-electron chi connectivity index (χ2n) is 8.14. The summed E-state index contributed by atoms with van der Waals surface area (Å²) in [5, 5.41) is 5.32. The topological polar surface area (TPSA) is 44.9 Å². The van der Waals surface area contributed by atoms with Gasteiger partial charge in [-0.25, -0.2) is 0 Å². The van der Waals surface area contributed by atoms with Crippen LogP contribution in [0.3, 0.4) is 0 Å². The van der Waals surface area contributed by atoms with Crippen molar-refractivity contribution in [1.82, 2.24) is 10.3 Å². The molecule has 3 nitrogen and oxygen atoms in total. The van der Waals surface area contributed by atoms with E-state index in [0.29, 0.717) is 11.5 Å². The highest BCUT2D eigenvalue weighted by Crippen LogP contribution is 2.26. The Kier molecular flexibility index (Phi) is 10.6. The Balaban J connectivity index is 2.51. The molecule has 1 heterocycles. The number of hydrogen-bond donors (Lipinski definition) is 2. The predicted octanol–water partition coefficient (Wildman–Crippen LogP) is 5.49. The zero-order chi connectivity index (χ0) is 22.5. The van der Waals surface area contributed by atoms with Gasteiger partial charge < -0.3 is 10.3 Å². The lowest BCUT2D eigenvalue weighted by molar-refractivity contribution is 0.0903. The summed E-state index contributed by atoms with van der Waals surface area (Å²) in [5.41, 5.74) is 1.61. The van der Waals surface area contributed by atoms with Gasteiger partial charge in [0.15, 0.2) is 5.78 Å². The highest BCUT2D eigenvalue weighted by molar-refractivity contribution is 6.01.